The summed E-state index contributed by atoms with van der Waals surface area (Å²) in [4.78, 5) is 32.7. The molecule has 0 aromatic rings. The lowest BCUT2D eigenvalue weighted by atomic mass is 10.3. The zero-order valence-electron chi connectivity index (χ0n) is 14.4. The minimum absolute atomic E-state index is 0.103. The first-order chi connectivity index (χ1) is 13.1. The Kier molecular flexibility index (Phi) is 6.90. The van der Waals surface area contributed by atoms with Crippen molar-refractivity contribution in [1.29, 1.82) is 0 Å². The van der Waals surface area contributed by atoms with Crippen LogP contribution < -0.4 is 0 Å². The highest BCUT2D eigenvalue weighted by atomic mass is 16.8. The Labute approximate surface area is 153 Å². The van der Waals surface area contributed by atoms with E-state index in [0.717, 1.165) is 0 Å². The van der Waals surface area contributed by atoms with Crippen molar-refractivity contribution >= 4 is 18.5 Å². The Balaban J connectivity index is 1.37. The van der Waals surface area contributed by atoms with E-state index in [1.807, 2.05) is 0 Å². The van der Waals surface area contributed by atoms with Crippen LogP contribution in [0.25, 0.3) is 0 Å². The summed E-state index contributed by atoms with van der Waals surface area (Å²) in [6.07, 6.45) is -4.14. The van der Waals surface area contributed by atoms with Crippen LogP contribution in [0.1, 0.15) is 0 Å². The molecule has 3 atom stereocenters. The molecule has 27 heavy (non-hydrogen) atoms. The summed E-state index contributed by atoms with van der Waals surface area (Å²) in [6, 6.07) is 0. The predicted octanol–water partition coefficient (Wildman–Crippen LogP) is 0.0110. The first-order valence-electron chi connectivity index (χ1n) is 8.36. The minimum atomic E-state index is -0.737. The van der Waals surface area contributed by atoms with E-state index < -0.39 is 42.9 Å². The van der Waals surface area contributed by atoms with E-state index in [2.05, 4.69) is 14.2 Å². The van der Waals surface area contributed by atoms with Gasteiger partial charge in [0.05, 0.1) is 33.0 Å². The molecule has 0 spiro atoms. The Morgan fingerprint density at radius 2 is 1.11 bits per heavy atom. The molecule has 3 aliphatic heterocycles. The van der Waals surface area contributed by atoms with Crippen LogP contribution in [-0.4, -0.2) is 95.7 Å². The first-order valence-corrected chi connectivity index (χ1v) is 8.36. The normalized spacial score (nSPS) is 28.0. The van der Waals surface area contributed by atoms with Crippen molar-refractivity contribution in [2.75, 3.05) is 52.9 Å². The van der Waals surface area contributed by atoms with Crippen LogP contribution >= 0.6 is 0 Å². The summed E-state index contributed by atoms with van der Waals surface area (Å²) >= 11 is 0. The lowest BCUT2D eigenvalue weighted by molar-refractivity contribution is -0.0904. The lowest BCUT2D eigenvalue weighted by Gasteiger charge is -2.20. The van der Waals surface area contributed by atoms with Gasteiger partial charge in [-0.15, -0.1) is 0 Å². The van der Waals surface area contributed by atoms with Crippen LogP contribution in [0.2, 0.25) is 0 Å². The van der Waals surface area contributed by atoms with Gasteiger partial charge < -0.3 is 42.6 Å². The van der Waals surface area contributed by atoms with Gasteiger partial charge in [0.1, 0.15) is 25.9 Å². The number of cyclic esters (lactones) is 6. The van der Waals surface area contributed by atoms with Gasteiger partial charge in [-0.25, -0.2) is 14.4 Å². The quantitative estimate of drug-likeness (QED) is 0.346. The summed E-state index contributed by atoms with van der Waals surface area (Å²) in [6.45, 7) is 1.02. The third-order valence-electron chi connectivity index (χ3n) is 3.68. The molecule has 0 amide bonds. The van der Waals surface area contributed by atoms with Crippen LogP contribution in [0.4, 0.5) is 14.4 Å². The second kappa shape index (κ2) is 9.58. The molecule has 3 unspecified atom stereocenters. The predicted molar refractivity (Wildman–Crippen MR) is 80.0 cm³/mol. The maximum Gasteiger partial charge on any atom is 0.508 e. The SMILES string of the molecule is O=C1OCC(COCC(COCC2COC(=O)O2)OCC2COC(=O)O2)O1. The summed E-state index contributed by atoms with van der Waals surface area (Å²) < 4.78 is 45.3. The third-order valence-corrected chi connectivity index (χ3v) is 3.68. The second-order valence-corrected chi connectivity index (χ2v) is 5.93. The van der Waals surface area contributed by atoms with Gasteiger partial charge in [0.15, 0.2) is 18.3 Å². The molecule has 12 nitrogen and oxygen atoms in total. The molecule has 0 aromatic carbocycles. The van der Waals surface area contributed by atoms with Crippen molar-refractivity contribution in [2.24, 2.45) is 0 Å². The Hall–Kier alpha value is -2.31. The first kappa shape index (κ1) is 19.5. The molecule has 0 aliphatic carbocycles. The number of hydrogen-bond donors (Lipinski definition) is 0. The van der Waals surface area contributed by atoms with Gasteiger partial charge in [0.2, 0.25) is 0 Å². The van der Waals surface area contributed by atoms with Crippen molar-refractivity contribution in [3.63, 3.8) is 0 Å². The van der Waals surface area contributed by atoms with E-state index in [9.17, 15) is 14.4 Å². The Morgan fingerprint density at radius 1 is 0.704 bits per heavy atom. The fourth-order valence-electron chi connectivity index (χ4n) is 2.39. The van der Waals surface area contributed by atoms with Crippen molar-refractivity contribution in [1.82, 2.24) is 0 Å². The number of carbonyl (C=O) groups is 3. The largest absolute Gasteiger partial charge is 0.508 e. The fourth-order valence-corrected chi connectivity index (χ4v) is 2.39. The number of rotatable bonds is 11. The molecular formula is C15H20O12. The highest BCUT2D eigenvalue weighted by Gasteiger charge is 2.29. The molecule has 0 radical (unpaired) electrons. The van der Waals surface area contributed by atoms with Gasteiger partial charge in [0, 0.05) is 0 Å². The smallest absolute Gasteiger partial charge is 0.430 e. The molecule has 0 bridgehead atoms. The van der Waals surface area contributed by atoms with Crippen LogP contribution in [0.15, 0.2) is 0 Å². The molecular weight excluding hydrogens is 372 g/mol. The van der Waals surface area contributed by atoms with Crippen molar-refractivity contribution in [2.45, 2.75) is 24.4 Å². The highest BCUT2D eigenvalue weighted by molar-refractivity contribution is 5.62. The lowest BCUT2D eigenvalue weighted by Crippen LogP contribution is -2.33. The highest BCUT2D eigenvalue weighted by Crippen LogP contribution is 2.11. The summed E-state index contributed by atoms with van der Waals surface area (Å²) in [5.41, 5.74) is 0. The molecule has 12 heteroatoms. The maximum atomic E-state index is 10.9. The van der Waals surface area contributed by atoms with Crippen LogP contribution in [0.3, 0.4) is 0 Å². The maximum absolute atomic E-state index is 10.9. The molecule has 0 aromatic heterocycles. The van der Waals surface area contributed by atoms with E-state index >= 15 is 0 Å². The van der Waals surface area contributed by atoms with Crippen LogP contribution in [-0.2, 0) is 42.6 Å². The molecule has 152 valence electrons. The number of ether oxygens (including phenoxy) is 9. The molecule has 3 rings (SSSR count). The Morgan fingerprint density at radius 3 is 1.48 bits per heavy atom. The van der Waals surface area contributed by atoms with Gasteiger partial charge in [-0.3, -0.25) is 0 Å². The molecule has 0 N–H and O–H groups in total. The van der Waals surface area contributed by atoms with Gasteiger partial charge in [-0.2, -0.15) is 0 Å². The molecule has 0 saturated carbocycles. The Bertz CT molecular complexity index is 505. The average molecular weight is 392 g/mol. The molecule has 3 heterocycles. The average Bonchev–Trinajstić information content (AvgIpc) is 3.35. The summed E-state index contributed by atoms with van der Waals surface area (Å²) in [7, 11) is 0. The fraction of sp³-hybridized carbons (Fsp3) is 0.800. The van der Waals surface area contributed by atoms with Crippen molar-refractivity contribution in [3.8, 4) is 0 Å². The second-order valence-electron chi connectivity index (χ2n) is 5.93. The third kappa shape index (κ3) is 6.41. The van der Waals surface area contributed by atoms with Gasteiger partial charge >= 0.3 is 18.5 Å². The summed E-state index contributed by atoms with van der Waals surface area (Å²) in [5.74, 6) is 0. The van der Waals surface area contributed by atoms with Gasteiger partial charge in [-0.1, -0.05) is 0 Å². The van der Waals surface area contributed by atoms with E-state index in [4.69, 9.17) is 28.4 Å². The summed E-state index contributed by atoms with van der Waals surface area (Å²) in [5, 5.41) is 0. The molecule has 3 aliphatic rings. The monoisotopic (exact) mass is 392 g/mol. The number of hydrogen-bond acceptors (Lipinski definition) is 12. The standard InChI is InChI=1S/C15H20O12/c16-13-22-6-10(25-13)3-19-1-9(21-5-12-8-24-15(18)27-12)2-20-4-11-7-23-14(17)26-11/h9-12H,1-8H2. The molecule has 3 fully saturated rings. The van der Waals surface area contributed by atoms with E-state index in [0.29, 0.717) is 0 Å². The van der Waals surface area contributed by atoms with E-state index in [-0.39, 0.29) is 52.9 Å². The molecule has 3 saturated heterocycles. The van der Waals surface area contributed by atoms with E-state index in [1.54, 1.807) is 0 Å². The van der Waals surface area contributed by atoms with Gasteiger partial charge in [0.25, 0.3) is 0 Å². The van der Waals surface area contributed by atoms with Crippen LogP contribution in [0, 0.1) is 0 Å². The van der Waals surface area contributed by atoms with Crippen molar-refractivity contribution < 1.29 is 57.0 Å². The van der Waals surface area contributed by atoms with Gasteiger partial charge in [-0.05, 0) is 0 Å². The number of carbonyl (C=O) groups excluding carboxylic acids is 3. The van der Waals surface area contributed by atoms with Crippen molar-refractivity contribution in [3.05, 3.63) is 0 Å². The van der Waals surface area contributed by atoms with Crippen LogP contribution in [0.5, 0.6) is 0 Å². The van der Waals surface area contributed by atoms with E-state index in [1.165, 1.54) is 0 Å². The zero-order chi connectivity index (χ0) is 19.1. The topological polar surface area (TPSA) is 134 Å². The minimum Gasteiger partial charge on any atom is -0.430 e. The zero-order valence-corrected chi connectivity index (χ0v) is 14.4.